The maximum absolute atomic E-state index is 16.1. The average Bonchev–Trinajstić information content (AvgIpc) is 3.70. The summed E-state index contributed by atoms with van der Waals surface area (Å²) < 4.78 is 16.6. The van der Waals surface area contributed by atoms with Crippen LogP contribution in [0.3, 0.4) is 0 Å². The molecule has 258 valence electrons. The number of methoxy groups -OCH3 is 3. The van der Waals surface area contributed by atoms with Crippen LogP contribution in [0.4, 0.5) is 11.4 Å². The molecule has 1 saturated heterocycles. The molecule has 10 nitrogen and oxygen atoms in total. The highest BCUT2D eigenvalue weighted by molar-refractivity contribution is 6.39. The molecule has 8 rings (SSSR count). The van der Waals surface area contributed by atoms with Crippen molar-refractivity contribution in [3.63, 3.8) is 0 Å². The minimum Gasteiger partial charge on any atom is -0.497 e. The summed E-state index contributed by atoms with van der Waals surface area (Å²) in [6.07, 6.45) is 0. The molecule has 0 N–H and O–H groups in total. The van der Waals surface area contributed by atoms with E-state index in [0.29, 0.717) is 44.9 Å². The zero-order valence-corrected chi connectivity index (χ0v) is 28.4. The highest BCUT2D eigenvalue weighted by Crippen LogP contribution is 2.74. The van der Waals surface area contributed by atoms with Gasteiger partial charge in [-0.05, 0) is 63.7 Å². The SMILES string of the molecule is COc1ccc(C2=C(c3ccc(OC)cc3)[C@@]3(c4ccccc4)C(=O)[C@@]2(c2ccccc2)[C@H]2C(=O)N(c4ccc([N+](=O)[O-])cc4OC)C(=O)[C@@H]23)cc1. The Morgan fingerprint density at radius 2 is 1.04 bits per heavy atom. The normalized spacial score (nSPS) is 23.2. The molecule has 10 heteroatoms. The minimum atomic E-state index is -1.64. The number of fused-ring (bicyclic) bond motifs is 5. The molecule has 0 radical (unpaired) electrons. The van der Waals surface area contributed by atoms with E-state index in [1.54, 1.807) is 14.2 Å². The lowest BCUT2D eigenvalue weighted by Gasteiger charge is -2.39. The van der Waals surface area contributed by atoms with E-state index in [2.05, 4.69) is 0 Å². The number of Topliss-reactive ketones (excluding diaryl/α,β-unsaturated/α-hetero) is 1. The highest BCUT2D eigenvalue weighted by Gasteiger charge is 2.82. The first-order chi connectivity index (χ1) is 25.2. The second-order valence-corrected chi connectivity index (χ2v) is 13.0. The lowest BCUT2D eigenvalue weighted by Crippen LogP contribution is -2.45. The van der Waals surface area contributed by atoms with Gasteiger partial charge in [0.1, 0.15) is 17.2 Å². The molecule has 1 aliphatic heterocycles. The fraction of sp³-hybridized carbons (Fsp3) is 0.167. The number of rotatable bonds is 9. The van der Waals surface area contributed by atoms with Gasteiger partial charge in [0, 0.05) is 6.07 Å². The second-order valence-electron chi connectivity index (χ2n) is 13.0. The van der Waals surface area contributed by atoms with Crippen molar-refractivity contribution in [2.75, 3.05) is 26.2 Å². The van der Waals surface area contributed by atoms with Crippen molar-refractivity contribution >= 4 is 40.1 Å². The van der Waals surface area contributed by atoms with Crippen LogP contribution in [0, 0.1) is 22.0 Å². The monoisotopic (exact) mass is 692 g/mol. The van der Waals surface area contributed by atoms with Gasteiger partial charge in [-0.25, -0.2) is 4.90 Å². The first-order valence-corrected chi connectivity index (χ1v) is 16.6. The standard InChI is InChI=1S/C42H32N2O8/c1-50-30-19-14-25(15-20-30)34-35(26-16-21-31(51-2)22-17-26)42(28-12-8-5-9-13-28)37-36(41(34,40(42)47)27-10-6-4-7-11-27)38(45)43(39(37)46)32-23-18-29(44(48)49)24-33(32)52-3/h4-24,36-37H,1-3H3/t36-,37-,41-,42-/m1/s1. The molecule has 4 atom stereocenters. The summed E-state index contributed by atoms with van der Waals surface area (Å²) >= 11 is 0. The molecule has 52 heavy (non-hydrogen) atoms. The van der Waals surface area contributed by atoms with Gasteiger partial charge < -0.3 is 14.2 Å². The van der Waals surface area contributed by atoms with Crippen molar-refractivity contribution in [3.05, 3.63) is 160 Å². The van der Waals surface area contributed by atoms with Crippen molar-refractivity contribution in [2.24, 2.45) is 11.8 Å². The fourth-order valence-electron chi connectivity index (χ4n) is 8.84. The van der Waals surface area contributed by atoms with E-state index in [4.69, 9.17) is 14.2 Å². The van der Waals surface area contributed by atoms with Crippen LogP contribution in [0.25, 0.3) is 11.1 Å². The summed E-state index contributed by atoms with van der Waals surface area (Å²) in [7, 11) is 4.47. The number of benzene rings is 5. The Hall–Kier alpha value is -6.55. The van der Waals surface area contributed by atoms with E-state index < -0.39 is 39.4 Å². The number of imide groups is 1. The minimum absolute atomic E-state index is 0.0178. The van der Waals surface area contributed by atoms with Gasteiger partial charge in [0.15, 0.2) is 5.78 Å². The van der Waals surface area contributed by atoms with Gasteiger partial charge in [-0.1, -0.05) is 84.9 Å². The molecular weight excluding hydrogens is 660 g/mol. The number of anilines is 1. The Morgan fingerprint density at radius 1 is 0.596 bits per heavy atom. The van der Waals surface area contributed by atoms with Gasteiger partial charge in [-0.15, -0.1) is 0 Å². The molecule has 2 fully saturated rings. The topological polar surface area (TPSA) is 125 Å². The Balaban J connectivity index is 1.52. The van der Waals surface area contributed by atoms with Crippen LogP contribution in [0.5, 0.6) is 17.2 Å². The molecule has 2 amide bonds. The number of hydrogen-bond donors (Lipinski definition) is 0. The number of nitrogens with zero attached hydrogens (tertiary/aromatic N) is 2. The molecule has 5 aromatic rings. The van der Waals surface area contributed by atoms with Crippen molar-refractivity contribution in [1.82, 2.24) is 0 Å². The summed E-state index contributed by atoms with van der Waals surface area (Å²) in [6.45, 7) is 0. The largest absolute Gasteiger partial charge is 0.497 e. The lowest BCUT2D eigenvalue weighted by molar-refractivity contribution is -0.384. The molecule has 3 aliphatic rings. The van der Waals surface area contributed by atoms with E-state index >= 15 is 14.4 Å². The molecule has 1 heterocycles. The molecule has 5 aromatic carbocycles. The Bertz CT molecular complexity index is 2180. The van der Waals surface area contributed by atoms with Gasteiger partial charge in [-0.2, -0.15) is 0 Å². The average molecular weight is 693 g/mol. The van der Waals surface area contributed by atoms with Crippen LogP contribution in [0.1, 0.15) is 22.3 Å². The van der Waals surface area contributed by atoms with Gasteiger partial charge in [0.25, 0.3) is 5.69 Å². The fourth-order valence-corrected chi connectivity index (χ4v) is 8.84. The lowest BCUT2D eigenvalue weighted by atomic mass is 9.59. The molecular formula is C42H32N2O8. The predicted molar refractivity (Wildman–Crippen MR) is 193 cm³/mol. The quantitative estimate of drug-likeness (QED) is 0.0938. The van der Waals surface area contributed by atoms with E-state index in [1.807, 2.05) is 109 Å². The number of ether oxygens (including phenoxy) is 3. The number of non-ortho nitro benzene ring substituents is 1. The van der Waals surface area contributed by atoms with Crippen molar-refractivity contribution in [2.45, 2.75) is 10.8 Å². The van der Waals surface area contributed by atoms with Crippen LogP contribution in [0.2, 0.25) is 0 Å². The summed E-state index contributed by atoms with van der Waals surface area (Å²) in [5, 5.41) is 11.7. The molecule has 2 aliphatic carbocycles. The van der Waals surface area contributed by atoms with Crippen molar-refractivity contribution in [1.29, 1.82) is 0 Å². The van der Waals surface area contributed by atoms with Crippen molar-refractivity contribution in [3.8, 4) is 17.2 Å². The first-order valence-electron chi connectivity index (χ1n) is 16.6. The zero-order valence-electron chi connectivity index (χ0n) is 28.4. The Morgan fingerprint density at radius 3 is 1.42 bits per heavy atom. The van der Waals surface area contributed by atoms with Crippen LogP contribution >= 0.6 is 0 Å². The molecule has 1 saturated carbocycles. The van der Waals surface area contributed by atoms with Gasteiger partial charge in [0.2, 0.25) is 11.8 Å². The number of nitro groups is 1. The molecule has 0 unspecified atom stereocenters. The number of amides is 2. The first kappa shape index (κ1) is 32.6. The van der Waals surface area contributed by atoms with E-state index in [0.717, 1.165) is 4.90 Å². The number of ketones is 1. The third-order valence-corrected chi connectivity index (χ3v) is 10.8. The summed E-state index contributed by atoms with van der Waals surface area (Å²) in [5.74, 6) is -2.65. The number of allylic oxidation sites excluding steroid dienone is 2. The number of hydrogen-bond acceptors (Lipinski definition) is 8. The third-order valence-electron chi connectivity index (χ3n) is 10.8. The van der Waals surface area contributed by atoms with E-state index in [-0.39, 0.29) is 22.9 Å². The van der Waals surface area contributed by atoms with Gasteiger partial charge in [-0.3, -0.25) is 24.5 Å². The van der Waals surface area contributed by atoms with Gasteiger partial charge in [0.05, 0.1) is 60.7 Å². The maximum Gasteiger partial charge on any atom is 0.273 e. The summed E-state index contributed by atoms with van der Waals surface area (Å²) in [5.41, 5.74) is 0.262. The highest BCUT2D eigenvalue weighted by atomic mass is 16.6. The summed E-state index contributed by atoms with van der Waals surface area (Å²) in [4.78, 5) is 58.8. The van der Waals surface area contributed by atoms with E-state index in [1.165, 1.54) is 25.3 Å². The molecule has 0 aromatic heterocycles. The Kier molecular flexibility index (Phi) is 7.56. The van der Waals surface area contributed by atoms with Crippen LogP contribution in [-0.2, 0) is 25.2 Å². The predicted octanol–water partition coefficient (Wildman–Crippen LogP) is 6.81. The second kappa shape index (κ2) is 12.1. The maximum atomic E-state index is 16.1. The van der Waals surface area contributed by atoms with Crippen molar-refractivity contribution < 1.29 is 33.5 Å². The number of carbonyl (C=O) groups excluding carboxylic acids is 3. The van der Waals surface area contributed by atoms with Crippen LogP contribution < -0.4 is 19.1 Å². The summed E-state index contributed by atoms with van der Waals surface area (Å²) in [6, 6.07) is 36.8. The van der Waals surface area contributed by atoms with Crippen LogP contribution in [-0.4, -0.2) is 43.9 Å². The van der Waals surface area contributed by atoms with Crippen LogP contribution in [0.15, 0.2) is 127 Å². The number of carbonyl (C=O) groups is 3. The smallest absolute Gasteiger partial charge is 0.273 e. The third kappa shape index (κ3) is 4.21. The Labute approximate surface area is 299 Å². The molecule has 0 spiro atoms. The number of nitro benzene ring substituents is 1. The zero-order chi connectivity index (χ0) is 36.4. The van der Waals surface area contributed by atoms with Gasteiger partial charge >= 0.3 is 0 Å². The van der Waals surface area contributed by atoms with E-state index in [9.17, 15) is 10.1 Å². The molecule has 2 bridgehead atoms.